The lowest BCUT2D eigenvalue weighted by Crippen LogP contribution is -2.20. The highest BCUT2D eigenvalue weighted by Gasteiger charge is 2.02. The van der Waals surface area contributed by atoms with Gasteiger partial charge in [0.05, 0.1) is 15.7 Å². The number of hydrogen-bond acceptors (Lipinski definition) is 2. The number of nitrogens with zero attached hydrogens (tertiary/aromatic N) is 1. The van der Waals surface area contributed by atoms with Crippen molar-refractivity contribution in [1.82, 2.24) is 4.90 Å². The second-order valence-electron chi connectivity index (χ2n) is 3.33. The van der Waals surface area contributed by atoms with E-state index >= 15 is 0 Å². The maximum atomic E-state index is 6.00. The van der Waals surface area contributed by atoms with Gasteiger partial charge in [0, 0.05) is 13.1 Å². The molecular weight excluding hydrogens is 219 g/mol. The number of halogens is 2. The number of nitrogens with one attached hydrogen (secondary N) is 1. The topological polar surface area (TPSA) is 15.3 Å². The van der Waals surface area contributed by atoms with Crippen LogP contribution in [0.25, 0.3) is 0 Å². The fourth-order valence-corrected chi connectivity index (χ4v) is 1.42. The van der Waals surface area contributed by atoms with Crippen molar-refractivity contribution < 1.29 is 0 Å². The summed E-state index contributed by atoms with van der Waals surface area (Å²) in [4.78, 5) is 2.10. The van der Waals surface area contributed by atoms with E-state index in [2.05, 4.69) is 10.2 Å². The van der Waals surface area contributed by atoms with Crippen molar-refractivity contribution in [2.75, 3.05) is 32.5 Å². The number of hydrogen-bond donors (Lipinski definition) is 1. The third kappa shape index (κ3) is 3.37. The van der Waals surface area contributed by atoms with Crippen LogP contribution in [-0.4, -0.2) is 32.1 Å². The minimum atomic E-state index is 0.585. The van der Waals surface area contributed by atoms with Gasteiger partial charge in [-0.2, -0.15) is 0 Å². The predicted octanol–water partition coefficient (Wildman–Crippen LogP) is 2.97. The van der Waals surface area contributed by atoms with Crippen molar-refractivity contribution in [3.8, 4) is 0 Å². The molecule has 14 heavy (non-hydrogen) atoms. The second kappa shape index (κ2) is 5.44. The minimum absolute atomic E-state index is 0.585. The van der Waals surface area contributed by atoms with Gasteiger partial charge in [0.1, 0.15) is 0 Å². The zero-order valence-corrected chi connectivity index (χ0v) is 9.86. The van der Waals surface area contributed by atoms with Gasteiger partial charge >= 0.3 is 0 Å². The van der Waals surface area contributed by atoms with Crippen LogP contribution >= 0.6 is 23.2 Å². The van der Waals surface area contributed by atoms with Gasteiger partial charge in [-0.15, -0.1) is 0 Å². The smallest absolute Gasteiger partial charge is 0.0823 e. The van der Waals surface area contributed by atoms with Gasteiger partial charge in [-0.05, 0) is 26.2 Å². The molecule has 1 aromatic carbocycles. The van der Waals surface area contributed by atoms with Gasteiger partial charge in [-0.3, -0.25) is 0 Å². The molecule has 0 saturated heterocycles. The standard InChI is InChI=1S/C10H14Cl2N2/c1-14(2)7-6-13-9-5-3-4-8(11)10(9)12/h3-5,13H,6-7H2,1-2H3. The Morgan fingerprint density at radius 3 is 2.64 bits per heavy atom. The Kier molecular flexibility index (Phi) is 4.52. The van der Waals surface area contributed by atoms with E-state index in [4.69, 9.17) is 23.2 Å². The molecule has 0 spiro atoms. The summed E-state index contributed by atoms with van der Waals surface area (Å²) in [6, 6.07) is 5.58. The Bertz CT molecular complexity index is 300. The molecule has 1 rings (SSSR count). The summed E-state index contributed by atoms with van der Waals surface area (Å²) in [5.74, 6) is 0. The Morgan fingerprint density at radius 2 is 2.00 bits per heavy atom. The molecule has 0 aliphatic heterocycles. The average molecular weight is 233 g/mol. The summed E-state index contributed by atoms with van der Waals surface area (Å²) in [7, 11) is 4.06. The van der Waals surface area contributed by atoms with Gasteiger partial charge in [0.25, 0.3) is 0 Å². The molecule has 4 heteroatoms. The molecule has 1 N–H and O–H groups in total. The van der Waals surface area contributed by atoms with E-state index in [1.54, 1.807) is 6.07 Å². The molecule has 0 aromatic heterocycles. The molecule has 0 heterocycles. The quantitative estimate of drug-likeness (QED) is 0.859. The summed E-state index contributed by atoms with van der Waals surface area (Å²) in [5, 5.41) is 4.40. The van der Waals surface area contributed by atoms with Crippen LogP contribution in [-0.2, 0) is 0 Å². The summed E-state index contributed by atoms with van der Waals surface area (Å²) in [6.07, 6.45) is 0. The number of benzene rings is 1. The average Bonchev–Trinajstić information content (AvgIpc) is 2.12. The second-order valence-corrected chi connectivity index (χ2v) is 4.12. The van der Waals surface area contributed by atoms with Crippen molar-refractivity contribution in [2.45, 2.75) is 0 Å². The number of likely N-dealkylation sites (N-methyl/N-ethyl adjacent to an activating group) is 1. The summed E-state index contributed by atoms with van der Waals surface area (Å²) >= 11 is 11.9. The molecule has 0 aliphatic carbocycles. The van der Waals surface area contributed by atoms with Crippen LogP contribution < -0.4 is 5.32 Å². The van der Waals surface area contributed by atoms with Crippen LogP contribution in [0.15, 0.2) is 18.2 Å². The lowest BCUT2D eigenvalue weighted by molar-refractivity contribution is 0.425. The van der Waals surface area contributed by atoms with Gasteiger partial charge < -0.3 is 10.2 Å². The lowest BCUT2D eigenvalue weighted by atomic mass is 10.3. The molecule has 0 fully saturated rings. The van der Waals surface area contributed by atoms with E-state index in [-0.39, 0.29) is 0 Å². The van der Waals surface area contributed by atoms with Crippen molar-refractivity contribution >= 4 is 28.9 Å². The van der Waals surface area contributed by atoms with Crippen LogP contribution in [0.1, 0.15) is 0 Å². The van der Waals surface area contributed by atoms with Crippen molar-refractivity contribution in [2.24, 2.45) is 0 Å². The summed E-state index contributed by atoms with van der Waals surface area (Å²) < 4.78 is 0. The van der Waals surface area contributed by atoms with Crippen LogP contribution in [0.4, 0.5) is 5.69 Å². The molecule has 2 nitrogen and oxygen atoms in total. The highest BCUT2D eigenvalue weighted by atomic mass is 35.5. The monoisotopic (exact) mass is 232 g/mol. The lowest BCUT2D eigenvalue weighted by Gasteiger charge is -2.12. The largest absolute Gasteiger partial charge is 0.383 e. The fraction of sp³-hybridized carbons (Fsp3) is 0.400. The normalized spacial score (nSPS) is 10.6. The zero-order valence-electron chi connectivity index (χ0n) is 8.35. The van der Waals surface area contributed by atoms with E-state index < -0.39 is 0 Å². The van der Waals surface area contributed by atoms with E-state index in [0.29, 0.717) is 10.0 Å². The van der Waals surface area contributed by atoms with E-state index in [1.165, 1.54) is 0 Å². The third-order valence-corrected chi connectivity index (χ3v) is 2.64. The van der Waals surface area contributed by atoms with Gasteiger partial charge in [-0.1, -0.05) is 29.3 Å². The van der Waals surface area contributed by atoms with Gasteiger partial charge in [0.2, 0.25) is 0 Å². The first-order valence-electron chi connectivity index (χ1n) is 4.44. The first kappa shape index (κ1) is 11.6. The first-order chi connectivity index (χ1) is 6.61. The molecule has 78 valence electrons. The number of anilines is 1. The van der Waals surface area contributed by atoms with Crippen molar-refractivity contribution in [3.05, 3.63) is 28.2 Å². The van der Waals surface area contributed by atoms with Crippen LogP contribution in [0, 0.1) is 0 Å². The molecule has 1 aromatic rings. The minimum Gasteiger partial charge on any atom is -0.383 e. The molecule has 0 bridgehead atoms. The maximum absolute atomic E-state index is 6.00. The highest BCUT2D eigenvalue weighted by Crippen LogP contribution is 2.29. The Hall–Kier alpha value is -0.440. The van der Waals surface area contributed by atoms with E-state index in [0.717, 1.165) is 18.8 Å². The molecule has 0 saturated carbocycles. The highest BCUT2D eigenvalue weighted by molar-refractivity contribution is 6.43. The van der Waals surface area contributed by atoms with Crippen LogP contribution in [0.3, 0.4) is 0 Å². The van der Waals surface area contributed by atoms with Crippen LogP contribution in [0.5, 0.6) is 0 Å². The third-order valence-electron chi connectivity index (χ3n) is 1.83. The number of rotatable bonds is 4. The SMILES string of the molecule is CN(C)CCNc1cccc(Cl)c1Cl. The molecule has 0 aliphatic rings. The van der Waals surface area contributed by atoms with Crippen molar-refractivity contribution in [1.29, 1.82) is 0 Å². The van der Waals surface area contributed by atoms with Gasteiger partial charge in [0.15, 0.2) is 0 Å². The first-order valence-corrected chi connectivity index (χ1v) is 5.19. The summed E-state index contributed by atoms with van der Waals surface area (Å²) in [6.45, 7) is 1.82. The van der Waals surface area contributed by atoms with Crippen molar-refractivity contribution in [3.63, 3.8) is 0 Å². The molecule has 0 amide bonds. The Labute approximate surface area is 94.8 Å². The molecule has 0 radical (unpaired) electrons. The molecule has 0 unspecified atom stereocenters. The maximum Gasteiger partial charge on any atom is 0.0823 e. The Morgan fingerprint density at radius 1 is 1.29 bits per heavy atom. The molecular formula is C10H14Cl2N2. The predicted molar refractivity (Wildman–Crippen MR) is 63.5 cm³/mol. The van der Waals surface area contributed by atoms with Gasteiger partial charge in [-0.25, -0.2) is 0 Å². The summed E-state index contributed by atoms with van der Waals surface area (Å²) in [5.41, 5.74) is 0.890. The Balaban J connectivity index is 2.54. The fourth-order valence-electron chi connectivity index (χ4n) is 1.05. The van der Waals surface area contributed by atoms with E-state index in [1.807, 2.05) is 26.2 Å². The molecule has 0 atom stereocenters. The zero-order chi connectivity index (χ0) is 10.6. The van der Waals surface area contributed by atoms with E-state index in [9.17, 15) is 0 Å². The van der Waals surface area contributed by atoms with Crippen LogP contribution in [0.2, 0.25) is 10.0 Å².